The van der Waals surface area contributed by atoms with Gasteiger partial charge in [-0.25, -0.2) is 4.79 Å². The van der Waals surface area contributed by atoms with E-state index in [1.807, 2.05) is 0 Å². The van der Waals surface area contributed by atoms with Gasteiger partial charge in [-0.2, -0.15) is 0 Å². The average molecular weight is 202 g/mol. The fourth-order valence-electron chi connectivity index (χ4n) is 1.09. The van der Waals surface area contributed by atoms with Gasteiger partial charge in [0, 0.05) is 13.8 Å². The minimum Gasteiger partial charge on any atom is -0.504 e. The maximum Gasteiger partial charge on any atom is 0.707 e. The number of ether oxygens (including phenoxy) is 2. The molecule has 1 aliphatic heterocycles. The van der Waals surface area contributed by atoms with Gasteiger partial charge >= 0.3 is 13.3 Å². The van der Waals surface area contributed by atoms with Crippen molar-refractivity contribution in [3.8, 4) is 0 Å². The van der Waals surface area contributed by atoms with Crippen LogP contribution in [-0.2, 0) is 18.9 Å². The number of allylic oxidation sites excluding steroid dienone is 1. The molecule has 14 heavy (non-hydrogen) atoms. The van der Waals surface area contributed by atoms with E-state index in [2.05, 4.69) is 4.65 Å². The van der Waals surface area contributed by atoms with Crippen molar-refractivity contribution in [1.29, 1.82) is 0 Å². The molecule has 0 aromatic carbocycles. The van der Waals surface area contributed by atoms with Crippen LogP contribution < -0.4 is 0 Å². The van der Waals surface area contributed by atoms with E-state index in [9.17, 15) is 4.79 Å². The summed E-state index contributed by atoms with van der Waals surface area (Å²) in [4.78, 5) is 11.2. The Morgan fingerprint density at radius 1 is 1.36 bits per heavy atom. The van der Waals surface area contributed by atoms with Crippen LogP contribution >= 0.6 is 0 Å². The third-order valence-electron chi connectivity index (χ3n) is 1.47. The van der Waals surface area contributed by atoms with Gasteiger partial charge in [0.1, 0.15) is 5.76 Å². The van der Waals surface area contributed by atoms with Crippen LogP contribution in [0.5, 0.6) is 0 Å². The van der Waals surface area contributed by atoms with E-state index in [0.29, 0.717) is 0 Å². The summed E-state index contributed by atoms with van der Waals surface area (Å²) in [6, 6.07) is 0. The van der Waals surface area contributed by atoms with Crippen LogP contribution in [0.3, 0.4) is 0 Å². The second-order valence-corrected chi connectivity index (χ2v) is 3.22. The molecular formula is C7H11BO6. The molecule has 0 unspecified atom stereocenters. The van der Waals surface area contributed by atoms with Gasteiger partial charge in [0.25, 0.3) is 0 Å². The number of esters is 1. The number of carbonyl (C=O) groups excluding carboxylic acids is 1. The van der Waals surface area contributed by atoms with Crippen molar-refractivity contribution in [3.63, 3.8) is 0 Å². The lowest BCUT2D eigenvalue weighted by Gasteiger charge is -2.31. The van der Waals surface area contributed by atoms with Gasteiger partial charge in [0.15, 0.2) is 0 Å². The molecular weight excluding hydrogens is 191 g/mol. The van der Waals surface area contributed by atoms with Crippen LogP contribution in [0.4, 0.5) is 0 Å². The van der Waals surface area contributed by atoms with Crippen molar-refractivity contribution >= 4 is 13.3 Å². The zero-order chi connectivity index (χ0) is 10.9. The summed E-state index contributed by atoms with van der Waals surface area (Å²) < 4.78 is 14.3. The number of cyclic esters (lactones) is 1. The molecule has 1 aliphatic rings. The largest absolute Gasteiger partial charge is 0.707 e. The SMILES string of the molecule is CC1=C(OB(O)O)C(=O)OC(C)(C)O1. The van der Waals surface area contributed by atoms with E-state index in [0.717, 1.165) is 0 Å². The molecule has 0 saturated carbocycles. The first-order chi connectivity index (χ1) is 6.32. The molecule has 0 aromatic rings. The predicted octanol–water partition coefficient (Wildman–Crippen LogP) is -0.486. The number of hydrogen-bond donors (Lipinski definition) is 2. The van der Waals surface area contributed by atoms with Gasteiger partial charge in [-0.05, 0) is 6.92 Å². The molecule has 1 rings (SSSR count). The lowest BCUT2D eigenvalue weighted by atomic mass is 10.2. The number of hydrogen-bond acceptors (Lipinski definition) is 6. The highest BCUT2D eigenvalue weighted by Gasteiger charge is 2.36. The van der Waals surface area contributed by atoms with Crippen LogP contribution in [0.2, 0.25) is 0 Å². The van der Waals surface area contributed by atoms with Crippen molar-refractivity contribution in [1.82, 2.24) is 0 Å². The number of carbonyl (C=O) groups is 1. The molecule has 2 N–H and O–H groups in total. The summed E-state index contributed by atoms with van der Waals surface area (Å²) in [6.07, 6.45) is 0. The first-order valence-electron chi connectivity index (χ1n) is 3.98. The second kappa shape index (κ2) is 3.51. The fraction of sp³-hybridized carbons (Fsp3) is 0.571. The highest BCUT2D eigenvalue weighted by atomic mass is 16.7. The van der Waals surface area contributed by atoms with Crippen molar-refractivity contribution in [3.05, 3.63) is 11.5 Å². The quantitative estimate of drug-likeness (QED) is 0.464. The third kappa shape index (κ3) is 2.40. The van der Waals surface area contributed by atoms with Crippen molar-refractivity contribution in [2.75, 3.05) is 0 Å². The summed E-state index contributed by atoms with van der Waals surface area (Å²) in [5.74, 6) is -2.03. The van der Waals surface area contributed by atoms with Gasteiger partial charge in [0.05, 0.1) is 0 Å². The van der Waals surface area contributed by atoms with E-state index in [-0.39, 0.29) is 11.5 Å². The fourth-order valence-corrected chi connectivity index (χ4v) is 1.09. The van der Waals surface area contributed by atoms with E-state index in [1.165, 1.54) is 6.92 Å². The van der Waals surface area contributed by atoms with Crippen LogP contribution in [0.25, 0.3) is 0 Å². The summed E-state index contributed by atoms with van der Waals surface area (Å²) in [5, 5.41) is 17.0. The minimum atomic E-state index is -2.07. The Balaban J connectivity index is 2.88. The van der Waals surface area contributed by atoms with E-state index in [1.54, 1.807) is 13.8 Å². The highest BCUT2D eigenvalue weighted by molar-refractivity contribution is 6.33. The third-order valence-corrected chi connectivity index (χ3v) is 1.47. The molecule has 7 heteroatoms. The molecule has 0 amide bonds. The van der Waals surface area contributed by atoms with Crippen LogP contribution in [-0.4, -0.2) is 29.1 Å². The van der Waals surface area contributed by atoms with Crippen molar-refractivity contribution in [2.45, 2.75) is 26.6 Å². The Morgan fingerprint density at radius 2 is 1.93 bits per heavy atom. The first-order valence-corrected chi connectivity index (χ1v) is 3.98. The maximum atomic E-state index is 11.2. The maximum absolute atomic E-state index is 11.2. The standard InChI is InChI=1S/C7H11BO6/c1-4-5(14-8(10)11)6(9)13-7(2,3)12-4/h10-11H,1-3H3. The lowest BCUT2D eigenvalue weighted by molar-refractivity contribution is -0.212. The summed E-state index contributed by atoms with van der Waals surface area (Å²) >= 11 is 0. The molecule has 0 aromatic heterocycles. The van der Waals surface area contributed by atoms with E-state index >= 15 is 0 Å². The molecule has 78 valence electrons. The molecule has 0 spiro atoms. The second-order valence-electron chi connectivity index (χ2n) is 3.22. The molecule has 0 atom stereocenters. The van der Waals surface area contributed by atoms with Gasteiger partial charge in [-0.3, -0.25) is 0 Å². The molecule has 0 radical (unpaired) electrons. The zero-order valence-corrected chi connectivity index (χ0v) is 8.10. The van der Waals surface area contributed by atoms with Crippen molar-refractivity contribution in [2.24, 2.45) is 0 Å². The van der Waals surface area contributed by atoms with E-state index < -0.39 is 19.1 Å². The average Bonchev–Trinajstić information content (AvgIpc) is 1.94. The molecule has 6 nitrogen and oxygen atoms in total. The zero-order valence-electron chi connectivity index (χ0n) is 8.10. The Bertz CT molecular complexity index is 282. The van der Waals surface area contributed by atoms with Gasteiger partial charge < -0.3 is 24.2 Å². The minimum absolute atomic E-state index is 0.152. The molecule has 1 heterocycles. The van der Waals surface area contributed by atoms with Gasteiger partial charge in [-0.1, -0.05) is 0 Å². The summed E-state index contributed by atoms with van der Waals surface area (Å²) in [6.45, 7) is 4.58. The lowest BCUT2D eigenvalue weighted by Crippen LogP contribution is -2.38. The summed E-state index contributed by atoms with van der Waals surface area (Å²) in [7, 11) is -2.07. The number of rotatable bonds is 2. The van der Waals surface area contributed by atoms with Crippen LogP contribution in [0, 0.1) is 0 Å². The van der Waals surface area contributed by atoms with Crippen LogP contribution in [0.15, 0.2) is 11.5 Å². The Morgan fingerprint density at radius 3 is 2.36 bits per heavy atom. The Labute approximate surface area is 81.3 Å². The van der Waals surface area contributed by atoms with Crippen molar-refractivity contribution < 1.29 is 29.0 Å². The molecule has 0 saturated heterocycles. The molecule has 0 aliphatic carbocycles. The van der Waals surface area contributed by atoms with Gasteiger partial charge in [0.2, 0.25) is 11.5 Å². The van der Waals surface area contributed by atoms with E-state index in [4.69, 9.17) is 19.5 Å². The predicted molar refractivity (Wildman–Crippen MR) is 45.2 cm³/mol. The summed E-state index contributed by atoms with van der Waals surface area (Å²) in [5.41, 5.74) is 0. The van der Waals surface area contributed by atoms with Gasteiger partial charge in [-0.15, -0.1) is 0 Å². The highest BCUT2D eigenvalue weighted by Crippen LogP contribution is 2.26. The smallest absolute Gasteiger partial charge is 0.504 e. The first kappa shape index (κ1) is 10.9. The topological polar surface area (TPSA) is 85.2 Å². The monoisotopic (exact) mass is 202 g/mol. The Kier molecular flexibility index (Phi) is 2.72. The van der Waals surface area contributed by atoms with Crippen LogP contribution in [0.1, 0.15) is 20.8 Å². The normalized spacial score (nSPS) is 19.9. The Hall–Kier alpha value is -1.21. The molecule has 0 bridgehead atoms. The molecule has 0 fully saturated rings.